The van der Waals surface area contributed by atoms with E-state index in [9.17, 15) is 4.79 Å². The number of alkyl halides is 1. The summed E-state index contributed by atoms with van der Waals surface area (Å²) < 4.78 is 0.0124. The van der Waals surface area contributed by atoms with E-state index in [1.807, 2.05) is 7.05 Å². The highest BCUT2D eigenvalue weighted by molar-refractivity contribution is 14.1. The molecule has 0 aliphatic carbocycles. The number of nitrogens with one attached hydrogen (secondary N) is 2. The molecule has 1 rings (SSSR count). The van der Waals surface area contributed by atoms with Crippen molar-refractivity contribution in [2.75, 3.05) is 14.1 Å². The second-order valence-corrected chi connectivity index (χ2v) is 4.67. The summed E-state index contributed by atoms with van der Waals surface area (Å²) in [5, 5.41) is 10.3. The second kappa shape index (κ2) is 4.77. The first-order chi connectivity index (χ1) is 6.61. The van der Waals surface area contributed by atoms with E-state index in [0.29, 0.717) is 5.70 Å². The molecule has 0 fully saturated rings. The maximum atomic E-state index is 11.7. The second-order valence-electron chi connectivity index (χ2n) is 3.16. The van der Waals surface area contributed by atoms with Crippen LogP contribution in [0.2, 0.25) is 0 Å². The summed E-state index contributed by atoms with van der Waals surface area (Å²) in [5.41, 5.74) is 1.65. The van der Waals surface area contributed by atoms with Crippen LogP contribution in [0, 0.1) is 5.41 Å². The van der Waals surface area contributed by atoms with Gasteiger partial charge in [-0.3, -0.25) is 4.79 Å². The largest absolute Gasteiger partial charge is 0.390 e. The molecule has 4 nitrogen and oxygen atoms in total. The Labute approximate surface area is 97.4 Å². The van der Waals surface area contributed by atoms with E-state index in [1.165, 1.54) is 6.21 Å². The molecule has 14 heavy (non-hydrogen) atoms. The number of amides is 1. The SMILES string of the molecule is CNC1=C(C=N)N(C)C(=O)C(I)CC1. The molecule has 2 N–H and O–H groups in total. The maximum Gasteiger partial charge on any atom is 0.239 e. The molecule has 0 aromatic rings. The van der Waals surface area contributed by atoms with Crippen LogP contribution in [0.4, 0.5) is 0 Å². The first-order valence-corrected chi connectivity index (χ1v) is 5.69. The molecule has 1 heterocycles. The number of halogens is 1. The van der Waals surface area contributed by atoms with Crippen molar-refractivity contribution in [2.45, 2.75) is 16.8 Å². The van der Waals surface area contributed by atoms with Crippen molar-refractivity contribution >= 4 is 34.7 Å². The first-order valence-electron chi connectivity index (χ1n) is 4.44. The number of carbonyl (C=O) groups excluding carboxylic acids is 1. The molecular weight excluding hydrogens is 293 g/mol. The predicted octanol–water partition coefficient (Wildman–Crippen LogP) is 1.12. The van der Waals surface area contributed by atoms with Gasteiger partial charge in [-0.05, 0) is 12.8 Å². The molecule has 1 aliphatic heterocycles. The summed E-state index contributed by atoms with van der Waals surface area (Å²) in [4.78, 5) is 13.3. The minimum absolute atomic E-state index is 0.0124. The van der Waals surface area contributed by atoms with Gasteiger partial charge in [0.25, 0.3) is 0 Å². The molecule has 1 unspecified atom stereocenters. The molecular formula is C9H14IN3O. The van der Waals surface area contributed by atoms with Gasteiger partial charge in [0.2, 0.25) is 5.91 Å². The summed E-state index contributed by atoms with van der Waals surface area (Å²) in [7, 11) is 3.54. The van der Waals surface area contributed by atoms with Gasteiger partial charge in [0, 0.05) is 26.0 Å². The lowest BCUT2D eigenvalue weighted by Gasteiger charge is -2.19. The molecule has 0 saturated heterocycles. The van der Waals surface area contributed by atoms with Gasteiger partial charge < -0.3 is 15.6 Å². The zero-order chi connectivity index (χ0) is 10.7. The van der Waals surface area contributed by atoms with Crippen molar-refractivity contribution < 1.29 is 4.79 Å². The molecule has 0 spiro atoms. The van der Waals surface area contributed by atoms with E-state index in [2.05, 4.69) is 27.9 Å². The van der Waals surface area contributed by atoms with Crippen molar-refractivity contribution in [1.29, 1.82) is 5.41 Å². The average molecular weight is 307 g/mol. The van der Waals surface area contributed by atoms with Crippen LogP contribution in [-0.2, 0) is 4.79 Å². The summed E-state index contributed by atoms with van der Waals surface area (Å²) in [6, 6.07) is 0. The summed E-state index contributed by atoms with van der Waals surface area (Å²) >= 11 is 2.15. The van der Waals surface area contributed by atoms with Crippen LogP contribution in [0.25, 0.3) is 0 Å². The van der Waals surface area contributed by atoms with Gasteiger partial charge in [-0.25, -0.2) is 0 Å². The van der Waals surface area contributed by atoms with Gasteiger partial charge in [-0.15, -0.1) is 0 Å². The minimum atomic E-state index is 0.0124. The monoisotopic (exact) mass is 307 g/mol. The molecule has 1 amide bonds. The van der Waals surface area contributed by atoms with E-state index < -0.39 is 0 Å². The van der Waals surface area contributed by atoms with Crippen LogP contribution >= 0.6 is 22.6 Å². The highest BCUT2D eigenvalue weighted by Crippen LogP contribution is 2.22. The zero-order valence-electron chi connectivity index (χ0n) is 8.30. The van der Waals surface area contributed by atoms with Crippen LogP contribution in [-0.4, -0.2) is 35.0 Å². The Kier molecular flexibility index (Phi) is 3.91. The third-order valence-electron chi connectivity index (χ3n) is 2.36. The smallest absolute Gasteiger partial charge is 0.239 e. The predicted molar refractivity (Wildman–Crippen MR) is 64.7 cm³/mol. The van der Waals surface area contributed by atoms with E-state index in [-0.39, 0.29) is 9.83 Å². The quantitative estimate of drug-likeness (QED) is 0.456. The Morgan fingerprint density at radius 3 is 2.86 bits per heavy atom. The Morgan fingerprint density at radius 2 is 2.36 bits per heavy atom. The normalized spacial score (nSPS) is 23.5. The Morgan fingerprint density at radius 1 is 1.71 bits per heavy atom. The van der Waals surface area contributed by atoms with Gasteiger partial charge in [-0.2, -0.15) is 0 Å². The molecule has 0 saturated carbocycles. The fourth-order valence-corrected chi connectivity index (χ4v) is 2.22. The molecule has 0 bridgehead atoms. The van der Waals surface area contributed by atoms with Gasteiger partial charge in [0.1, 0.15) is 0 Å². The van der Waals surface area contributed by atoms with E-state index in [0.717, 1.165) is 18.5 Å². The third kappa shape index (κ3) is 2.08. The first kappa shape index (κ1) is 11.5. The number of nitrogens with zero attached hydrogens (tertiary/aromatic N) is 1. The summed E-state index contributed by atoms with van der Waals surface area (Å²) in [5.74, 6) is 0.0781. The van der Waals surface area contributed by atoms with Crippen molar-refractivity contribution in [3.63, 3.8) is 0 Å². The number of hydrogen-bond acceptors (Lipinski definition) is 3. The van der Waals surface area contributed by atoms with Gasteiger partial charge in [0.05, 0.1) is 9.62 Å². The third-order valence-corrected chi connectivity index (χ3v) is 3.51. The lowest BCUT2D eigenvalue weighted by molar-refractivity contribution is -0.126. The van der Waals surface area contributed by atoms with Crippen molar-refractivity contribution in [2.24, 2.45) is 0 Å². The fraction of sp³-hybridized carbons (Fsp3) is 0.556. The van der Waals surface area contributed by atoms with Crippen molar-refractivity contribution in [1.82, 2.24) is 10.2 Å². The van der Waals surface area contributed by atoms with Gasteiger partial charge >= 0.3 is 0 Å². The van der Waals surface area contributed by atoms with Crippen molar-refractivity contribution in [3.8, 4) is 0 Å². The Hall–Kier alpha value is -0.590. The van der Waals surface area contributed by atoms with Crippen LogP contribution in [0.3, 0.4) is 0 Å². The molecule has 0 aromatic carbocycles. The van der Waals surface area contributed by atoms with Crippen LogP contribution < -0.4 is 5.32 Å². The maximum absolute atomic E-state index is 11.7. The lowest BCUT2D eigenvalue weighted by atomic mass is 10.2. The van der Waals surface area contributed by atoms with Gasteiger partial charge in [-0.1, -0.05) is 22.6 Å². The summed E-state index contributed by atoms with van der Waals surface area (Å²) in [6.07, 6.45) is 2.89. The van der Waals surface area contributed by atoms with Crippen LogP contribution in [0.15, 0.2) is 11.4 Å². The highest BCUT2D eigenvalue weighted by atomic mass is 127. The number of rotatable bonds is 2. The van der Waals surface area contributed by atoms with Crippen LogP contribution in [0.1, 0.15) is 12.8 Å². The molecule has 1 aliphatic rings. The summed E-state index contributed by atoms with van der Waals surface area (Å²) in [6.45, 7) is 0. The fourth-order valence-electron chi connectivity index (χ4n) is 1.49. The van der Waals surface area contributed by atoms with E-state index in [1.54, 1.807) is 11.9 Å². The average Bonchev–Trinajstić information content (AvgIpc) is 2.30. The highest BCUT2D eigenvalue weighted by Gasteiger charge is 2.26. The Balaban J connectivity index is 3.05. The molecule has 78 valence electrons. The molecule has 5 heteroatoms. The lowest BCUT2D eigenvalue weighted by Crippen LogP contribution is -2.32. The van der Waals surface area contributed by atoms with E-state index >= 15 is 0 Å². The molecule has 0 aromatic heterocycles. The zero-order valence-corrected chi connectivity index (χ0v) is 10.5. The van der Waals surface area contributed by atoms with Crippen LogP contribution in [0.5, 0.6) is 0 Å². The number of carbonyl (C=O) groups is 1. The number of allylic oxidation sites excluding steroid dienone is 2. The topological polar surface area (TPSA) is 56.2 Å². The van der Waals surface area contributed by atoms with E-state index in [4.69, 9.17) is 5.41 Å². The standard InChI is InChI=1S/C9H14IN3O/c1-12-7-4-3-6(10)9(14)13(2)8(7)5-11/h5-6,11-12H,3-4H2,1-2H3. The Bertz CT molecular complexity index is 288. The van der Waals surface area contributed by atoms with Crippen molar-refractivity contribution in [3.05, 3.63) is 11.4 Å². The molecule has 1 atom stereocenters. The molecule has 0 radical (unpaired) electrons. The number of hydrogen-bond donors (Lipinski definition) is 2. The minimum Gasteiger partial charge on any atom is -0.390 e. The van der Waals surface area contributed by atoms with Gasteiger partial charge in [0.15, 0.2) is 0 Å².